The van der Waals surface area contributed by atoms with Crippen LogP contribution in [0.4, 0.5) is 0 Å². The van der Waals surface area contributed by atoms with E-state index in [9.17, 15) is 4.79 Å². The lowest BCUT2D eigenvalue weighted by molar-refractivity contribution is 0.0790. The number of hydrogen-bond donors (Lipinski definition) is 0. The van der Waals surface area contributed by atoms with Crippen LogP contribution in [0.2, 0.25) is 0 Å². The Kier molecular flexibility index (Phi) is 3.60. The van der Waals surface area contributed by atoms with Gasteiger partial charge in [0.2, 0.25) is 5.89 Å². The van der Waals surface area contributed by atoms with Crippen LogP contribution in [0.3, 0.4) is 0 Å². The number of benzene rings is 1. The van der Waals surface area contributed by atoms with Gasteiger partial charge in [-0.3, -0.25) is 4.79 Å². The van der Waals surface area contributed by atoms with Crippen LogP contribution in [0, 0.1) is 0 Å². The lowest BCUT2D eigenvalue weighted by Gasteiger charge is -2.15. The molecule has 0 N–H and O–H groups in total. The van der Waals surface area contributed by atoms with Crippen LogP contribution in [0.5, 0.6) is 0 Å². The molecule has 4 rings (SSSR count). The van der Waals surface area contributed by atoms with E-state index in [1.165, 1.54) is 0 Å². The highest BCUT2D eigenvalue weighted by molar-refractivity contribution is 5.94. The number of aryl methyl sites for hydroxylation is 1. The molecule has 1 unspecified atom stereocenters. The number of rotatable bonds is 3. The van der Waals surface area contributed by atoms with Crippen molar-refractivity contribution < 1.29 is 9.21 Å². The van der Waals surface area contributed by atoms with E-state index in [1.54, 1.807) is 12.5 Å². The van der Waals surface area contributed by atoms with Crippen LogP contribution < -0.4 is 0 Å². The molecule has 7 heteroatoms. The van der Waals surface area contributed by atoms with Gasteiger partial charge in [-0.2, -0.15) is 0 Å². The first-order valence-electron chi connectivity index (χ1n) is 7.87. The van der Waals surface area contributed by atoms with Crippen LogP contribution in [0.1, 0.15) is 28.6 Å². The minimum atomic E-state index is 0.0458. The molecule has 1 aliphatic rings. The van der Waals surface area contributed by atoms with Crippen molar-refractivity contribution in [3.05, 3.63) is 54.3 Å². The first kappa shape index (κ1) is 14.6. The summed E-state index contributed by atoms with van der Waals surface area (Å²) < 4.78 is 7.64. The minimum absolute atomic E-state index is 0.0458. The topological polar surface area (TPSA) is 77.1 Å². The summed E-state index contributed by atoms with van der Waals surface area (Å²) >= 11 is 0. The Morgan fingerprint density at radius 3 is 2.83 bits per heavy atom. The minimum Gasteiger partial charge on any atom is -0.419 e. The molecule has 1 amide bonds. The van der Waals surface area contributed by atoms with Crippen LogP contribution in [0.15, 0.2) is 47.3 Å². The molecule has 7 nitrogen and oxygen atoms in total. The second kappa shape index (κ2) is 5.92. The van der Waals surface area contributed by atoms with Crippen molar-refractivity contribution >= 4 is 5.91 Å². The van der Waals surface area contributed by atoms with E-state index in [0.717, 1.165) is 12.1 Å². The van der Waals surface area contributed by atoms with Gasteiger partial charge in [0.25, 0.3) is 11.8 Å². The van der Waals surface area contributed by atoms with Crippen molar-refractivity contribution in [2.45, 2.75) is 12.3 Å². The molecule has 0 bridgehead atoms. The third-order valence-electron chi connectivity index (χ3n) is 4.32. The van der Waals surface area contributed by atoms with Crippen molar-refractivity contribution in [1.29, 1.82) is 0 Å². The lowest BCUT2D eigenvalue weighted by atomic mass is 10.1. The molecule has 122 valence electrons. The van der Waals surface area contributed by atoms with E-state index in [0.29, 0.717) is 30.4 Å². The maximum atomic E-state index is 12.5. The Balaban J connectivity index is 1.49. The smallest absolute Gasteiger partial charge is 0.265 e. The molecule has 0 aliphatic carbocycles. The molecule has 1 saturated heterocycles. The van der Waals surface area contributed by atoms with Gasteiger partial charge in [-0.05, 0) is 18.6 Å². The Morgan fingerprint density at radius 2 is 2.08 bits per heavy atom. The Bertz CT molecular complexity index is 855. The van der Waals surface area contributed by atoms with E-state index in [1.807, 2.05) is 46.8 Å². The van der Waals surface area contributed by atoms with E-state index in [4.69, 9.17) is 4.42 Å². The number of carbonyl (C=O) groups is 1. The molecule has 1 fully saturated rings. The third-order valence-corrected chi connectivity index (χ3v) is 4.32. The summed E-state index contributed by atoms with van der Waals surface area (Å²) in [5.74, 6) is 1.16. The van der Waals surface area contributed by atoms with Crippen molar-refractivity contribution in [3.63, 3.8) is 0 Å². The molecule has 1 aromatic carbocycles. The van der Waals surface area contributed by atoms with Crippen molar-refractivity contribution in [2.75, 3.05) is 13.1 Å². The quantitative estimate of drug-likeness (QED) is 0.737. The van der Waals surface area contributed by atoms with Crippen molar-refractivity contribution in [2.24, 2.45) is 7.05 Å². The Morgan fingerprint density at radius 1 is 1.25 bits per heavy atom. The maximum absolute atomic E-state index is 12.5. The highest BCUT2D eigenvalue weighted by Crippen LogP contribution is 2.29. The second-order valence-electron chi connectivity index (χ2n) is 5.94. The number of aromatic nitrogens is 4. The fourth-order valence-electron chi connectivity index (χ4n) is 2.98. The SMILES string of the molecule is Cn1cncc1-c1nnc(C2CCN(C(=O)c3ccccc3)C2)o1. The number of carbonyl (C=O) groups excluding carboxylic acids is 1. The van der Waals surface area contributed by atoms with E-state index in [-0.39, 0.29) is 11.8 Å². The van der Waals surface area contributed by atoms with E-state index >= 15 is 0 Å². The summed E-state index contributed by atoms with van der Waals surface area (Å²) in [5.41, 5.74) is 1.49. The second-order valence-corrected chi connectivity index (χ2v) is 5.94. The summed E-state index contributed by atoms with van der Waals surface area (Å²) in [6.07, 6.45) is 4.21. The number of likely N-dealkylation sites (tertiary alicyclic amines) is 1. The molecule has 1 aliphatic heterocycles. The fourth-order valence-corrected chi connectivity index (χ4v) is 2.98. The van der Waals surface area contributed by atoms with Crippen molar-refractivity contribution in [3.8, 4) is 11.6 Å². The molecule has 1 atom stereocenters. The number of hydrogen-bond acceptors (Lipinski definition) is 5. The van der Waals surface area contributed by atoms with Gasteiger partial charge in [0, 0.05) is 25.7 Å². The highest BCUT2D eigenvalue weighted by atomic mass is 16.4. The molecule has 0 spiro atoms. The van der Waals surface area contributed by atoms with Gasteiger partial charge in [-0.1, -0.05) is 18.2 Å². The standard InChI is InChI=1S/C17H17N5O2/c1-21-11-18-9-14(21)16-20-19-15(24-16)13-7-8-22(10-13)17(23)12-5-3-2-4-6-12/h2-6,9,11,13H,7-8,10H2,1H3. The van der Waals surface area contributed by atoms with Gasteiger partial charge in [-0.15, -0.1) is 10.2 Å². The summed E-state index contributed by atoms with van der Waals surface area (Å²) in [4.78, 5) is 18.4. The zero-order valence-corrected chi connectivity index (χ0v) is 13.3. The maximum Gasteiger partial charge on any atom is 0.265 e. The zero-order valence-electron chi connectivity index (χ0n) is 13.3. The molecule has 2 aromatic heterocycles. The van der Waals surface area contributed by atoms with Gasteiger partial charge in [0.05, 0.1) is 18.4 Å². The van der Waals surface area contributed by atoms with Crippen LogP contribution in [-0.4, -0.2) is 43.6 Å². The normalized spacial score (nSPS) is 17.4. The average molecular weight is 323 g/mol. The molecule has 0 saturated carbocycles. The van der Waals surface area contributed by atoms with Crippen molar-refractivity contribution in [1.82, 2.24) is 24.6 Å². The number of imidazole rings is 1. The van der Waals surface area contributed by atoms with Crippen LogP contribution >= 0.6 is 0 Å². The van der Waals surface area contributed by atoms with Gasteiger partial charge in [0.15, 0.2) is 0 Å². The zero-order chi connectivity index (χ0) is 16.5. The van der Waals surface area contributed by atoms with E-state index < -0.39 is 0 Å². The largest absolute Gasteiger partial charge is 0.419 e. The molecule has 0 radical (unpaired) electrons. The predicted octanol–water partition coefficient (Wildman–Crippen LogP) is 2.10. The van der Waals surface area contributed by atoms with Gasteiger partial charge < -0.3 is 13.9 Å². The van der Waals surface area contributed by atoms with Crippen LogP contribution in [0.25, 0.3) is 11.6 Å². The molecular formula is C17H17N5O2. The summed E-state index contributed by atoms with van der Waals surface area (Å²) in [5, 5.41) is 8.28. The van der Waals surface area contributed by atoms with Gasteiger partial charge in [0.1, 0.15) is 5.69 Å². The lowest BCUT2D eigenvalue weighted by Crippen LogP contribution is -2.28. The molecule has 24 heavy (non-hydrogen) atoms. The first-order valence-corrected chi connectivity index (χ1v) is 7.87. The molecule has 3 heterocycles. The van der Waals surface area contributed by atoms with Crippen LogP contribution in [-0.2, 0) is 7.05 Å². The molecule has 3 aromatic rings. The monoisotopic (exact) mass is 323 g/mol. The molecular weight excluding hydrogens is 306 g/mol. The number of amides is 1. The fraction of sp³-hybridized carbons (Fsp3) is 0.294. The average Bonchev–Trinajstić information content (AvgIpc) is 3.34. The first-order chi connectivity index (χ1) is 11.7. The number of nitrogens with zero attached hydrogens (tertiary/aromatic N) is 5. The predicted molar refractivity (Wildman–Crippen MR) is 86.2 cm³/mol. The van der Waals surface area contributed by atoms with Gasteiger partial charge >= 0.3 is 0 Å². The third kappa shape index (κ3) is 2.58. The Labute approximate surface area is 138 Å². The van der Waals surface area contributed by atoms with E-state index in [2.05, 4.69) is 15.2 Å². The highest BCUT2D eigenvalue weighted by Gasteiger charge is 2.31. The summed E-state index contributed by atoms with van der Waals surface area (Å²) in [6, 6.07) is 9.33. The van der Waals surface area contributed by atoms with Gasteiger partial charge in [-0.25, -0.2) is 4.98 Å². The summed E-state index contributed by atoms with van der Waals surface area (Å²) in [7, 11) is 1.88. The Hall–Kier alpha value is -2.96. The summed E-state index contributed by atoms with van der Waals surface area (Å²) in [6.45, 7) is 1.29.